The topological polar surface area (TPSA) is 68.8 Å². The Hall–Kier alpha value is -3.43. The average Bonchev–Trinajstić information content (AvgIpc) is 3.64. The van der Waals surface area contributed by atoms with Gasteiger partial charge in [0.1, 0.15) is 5.00 Å². The van der Waals surface area contributed by atoms with E-state index in [2.05, 4.69) is 85.6 Å². The molecule has 4 aromatic rings. The van der Waals surface area contributed by atoms with E-state index in [-0.39, 0.29) is 0 Å². The first-order chi connectivity index (χ1) is 17.1. The van der Waals surface area contributed by atoms with E-state index in [9.17, 15) is 0 Å². The predicted molar refractivity (Wildman–Crippen MR) is 147 cm³/mol. The number of aromatic nitrogens is 1. The predicted octanol–water partition coefficient (Wildman–Crippen LogP) is 9.02. The van der Waals surface area contributed by atoms with Crippen molar-refractivity contribution in [2.45, 2.75) is 26.7 Å². The standard InChI is InChI=1S/C26H27N7S2/c1-18-17-21(7-8-22(18)29-31-26-27-12-15-34-26)32(3)23-9-6-20(16-19(23)2)28-30-24-10-11-25(35-24)33-13-4-5-14-33/h6-12,15-17H,4-5,13-14H2,1-3H3. The third-order valence-electron chi connectivity index (χ3n) is 6.03. The molecule has 3 heterocycles. The minimum atomic E-state index is 0.657. The van der Waals surface area contributed by atoms with E-state index >= 15 is 0 Å². The van der Waals surface area contributed by atoms with Gasteiger partial charge in [0.05, 0.1) is 16.4 Å². The van der Waals surface area contributed by atoms with Gasteiger partial charge in [0.15, 0.2) is 0 Å². The fraction of sp³-hybridized carbons (Fsp3) is 0.269. The molecule has 35 heavy (non-hydrogen) atoms. The second-order valence-corrected chi connectivity index (χ2v) is 10.4. The van der Waals surface area contributed by atoms with Gasteiger partial charge in [-0.25, -0.2) is 4.98 Å². The summed E-state index contributed by atoms with van der Waals surface area (Å²) in [5.74, 6) is 0. The molecule has 9 heteroatoms. The highest BCUT2D eigenvalue weighted by molar-refractivity contribution is 7.19. The minimum Gasteiger partial charge on any atom is -0.363 e. The molecule has 1 aliphatic heterocycles. The minimum absolute atomic E-state index is 0.657. The van der Waals surface area contributed by atoms with Gasteiger partial charge in [0.2, 0.25) is 5.13 Å². The van der Waals surface area contributed by atoms with Gasteiger partial charge < -0.3 is 9.80 Å². The number of anilines is 3. The van der Waals surface area contributed by atoms with Gasteiger partial charge in [-0.2, -0.15) is 0 Å². The molecule has 0 unspecified atom stereocenters. The quantitative estimate of drug-likeness (QED) is 0.237. The Labute approximate surface area is 213 Å². The van der Waals surface area contributed by atoms with Crippen LogP contribution in [-0.2, 0) is 0 Å². The zero-order valence-corrected chi connectivity index (χ0v) is 21.7. The van der Waals surface area contributed by atoms with Gasteiger partial charge in [-0.05, 0) is 86.3 Å². The van der Waals surface area contributed by atoms with Crippen LogP contribution < -0.4 is 9.80 Å². The molecule has 178 valence electrons. The fourth-order valence-electron chi connectivity index (χ4n) is 4.13. The maximum atomic E-state index is 4.49. The van der Waals surface area contributed by atoms with Crippen molar-refractivity contribution in [3.8, 4) is 0 Å². The van der Waals surface area contributed by atoms with Crippen molar-refractivity contribution in [2.24, 2.45) is 20.5 Å². The molecule has 0 saturated carbocycles. The van der Waals surface area contributed by atoms with Crippen LogP contribution in [0.25, 0.3) is 0 Å². The number of thiophene rings is 1. The molecule has 0 amide bonds. The number of nitrogens with zero attached hydrogens (tertiary/aromatic N) is 7. The van der Waals surface area contributed by atoms with Gasteiger partial charge in [-0.15, -0.1) is 31.8 Å². The highest BCUT2D eigenvalue weighted by Gasteiger charge is 2.14. The average molecular weight is 502 g/mol. The number of hydrogen-bond donors (Lipinski definition) is 0. The van der Waals surface area contributed by atoms with E-state index in [0.717, 1.165) is 52.0 Å². The second-order valence-electron chi connectivity index (χ2n) is 8.52. The van der Waals surface area contributed by atoms with Gasteiger partial charge in [0.25, 0.3) is 0 Å². The lowest BCUT2D eigenvalue weighted by Gasteiger charge is -2.22. The Kier molecular flexibility index (Phi) is 6.96. The van der Waals surface area contributed by atoms with Crippen LogP contribution in [0, 0.1) is 13.8 Å². The molecule has 1 aliphatic rings. The van der Waals surface area contributed by atoms with Crippen LogP contribution in [0.2, 0.25) is 0 Å². The first-order valence-electron chi connectivity index (χ1n) is 11.6. The van der Waals surface area contributed by atoms with Crippen LogP contribution >= 0.6 is 22.7 Å². The molecule has 1 fully saturated rings. The number of rotatable bonds is 7. The normalized spacial score (nSPS) is 14.0. The molecule has 0 radical (unpaired) electrons. The number of thiazole rings is 1. The van der Waals surface area contributed by atoms with Crippen LogP contribution in [0.3, 0.4) is 0 Å². The summed E-state index contributed by atoms with van der Waals surface area (Å²) in [6, 6.07) is 16.6. The van der Waals surface area contributed by atoms with Gasteiger partial charge >= 0.3 is 0 Å². The second kappa shape index (κ2) is 10.5. The number of hydrogen-bond acceptors (Lipinski definition) is 9. The summed E-state index contributed by atoms with van der Waals surface area (Å²) in [6.45, 7) is 6.43. The summed E-state index contributed by atoms with van der Waals surface area (Å²) in [5, 5.41) is 22.3. The summed E-state index contributed by atoms with van der Waals surface area (Å²) < 4.78 is 0. The molecule has 2 aromatic carbocycles. The lowest BCUT2D eigenvalue weighted by molar-refractivity contribution is 0.949. The maximum Gasteiger partial charge on any atom is 0.229 e. The highest BCUT2D eigenvalue weighted by atomic mass is 32.1. The lowest BCUT2D eigenvalue weighted by Crippen LogP contribution is -2.15. The van der Waals surface area contributed by atoms with Crippen LogP contribution in [0.5, 0.6) is 0 Å². The van der Waals surface area contributed by atoms with E-state index in [4.69, 9.17) is 0 Å². The Morgan fingerprint density at radius 2 is 1.74 bits per heavy atom. The van der Waals surface area contributed by atoms with E-state index in [1.54, 1.807) is 17.5 Å². The summed E-state index contributed by atoms with van der Waals surface area (Å²) in [4.78, 5) is 8.75. The number of azo groups is 2. The van der Waals surface area contributed by atoms with Crippen LogP contribution in [-0.4, -0.2) is 25.1 Å². The molecule has 0 aliphatic carbocycles. The SMILES string of the molecule is Cc1cc(N(C)c2ccc(N=Nc3ccc(N4CCCC4)s3)cc2C)ccc1N=Nc1nccs1. The molecule has 7 nitrogen and oxygen atoms in total. The summed E-state index contributed by atoms with van der Waals surface area (Å²) in [6.07, 6.45) is 4.28. The molecule has 0 bridgehead atoms. The van der Waals surface area contributed by atoms with E-state index in [1.807, 2.05) is 24.4 Å². The highest BCUT2D eigenvalue weighted by Crippen LogP contribution is 2.36. The summed E-state index contributed by atoms with van der Waals surface area (Å²) in [7, 11) is 2.07. The smallest absolute Gasteiger partial charge is 0.229 e. The van der Waals surface area contributed by atoms with E-state index < -0.39 is 0 Å². The van der Waals surface area contributed by atoms with Gasteiger partial charge in [-0.1, -0.05) is 11.3 Å². The van der Waals surface area contributed by atoms with Crippen LogP contribution in [0.4, 0.5) is 37.9 Å². The maximum absolute atomic E-state index is 4.49. The number of benzene rings is 2. The summed E-state index contributed by atoms with van der Waals surface area (Å²) in [5.41, 5.74) is 6.09. The summed E-state index contributed by atoms with van der Waals surface area (Å²) >= 11 is 3.17. The molecule has 0 spiro atoms. The van der Waals surface area contributed by atoms with Crippen molar-refractivity contribution >= 4 is 60.6 Å². The Balaban J connectivity index is 1.28. The third-order valence-corrected chi connectivity index (χ3v) is 7.72. The van der Waals surface area contributed by atoms with Crippen molar-refractivity contribution in [3.05, 3.63) is 71.2 Å². The molecule has 0 N–H and O–H groups in total. The first kappa shape index (κ1) is 23.3. The first-order valence-corrected chi connectivity index (χ1v) is 13.3. The zero-order chi connectivity index (χ0) is 24.2. The van der Waals surface area contributed by atoms with E-state index in [0.29, 0.717) is 5.13 Å². The van der Waals surface area contributed by atoms with Crippen LogP contribution in [0.15, 0.2) is 80.6 Å². The molecule has 5 rings (SSSR count). The van der Waals surface area contributed by atoms with Crippen molar-refractivity contribution in [1.82, 2.24) is 4.98 Å². The van der Waals surface area contributed by atoms with Crippen LogP contribution in [0.1, 0.15) is 24.0 Å². The zero-order valence-electron chi connectivity index (χ0n) is 20.0. The lowest BCUT2D eigenvalue weighted by atomic mass is 10.1. The van der Waals surface area contributed by atoms with Crippen molar-refractivity contribution in [1.29, 1.82) is 0 Å². The van der Waals surface area contributed by atoms with E-state index in [1.165, 1.54) is 29.2 Å². The third kappa shape index (κ3) is 5.47. The van der Waals surface area contributed by atoms with Crippen molar-refractivity contribution in [2.75, 3.05) is 29.9 Å². The molecular weight excluding hydrogens is 474 g/mol. The Morgan fingerprint density at radius 3 is 2.49 bits per heavy atom. The fourth-order valence-corrected chi connectivity index (χ4v) is 5.46. The Morgan fingerprint density at radius 1 is 0.886 bits per heavy atom. The van der Waals surface area contributed by atoms with Gasteiger partial charge in [0, 0.05) is 43.1 Å². The number of aryl methyl sites for hydroxylation is 2. The molecular formula is C26H27N7S2. The van der Waals surface area contributed by atoms with Crippen molar-refractivity contribution in [3.63, 3.8) is 0 Å². The largest absolute Gasteiger partial charge is 0.363 e. The van der Waals surface area contributed by atoms with Crippen molar-refractivity contribution < 1.29 is 0 Å². The van der Waals surface area contributed by atoms with Gasteiger partial charge in [-0.3, -0.25) is 0 Å². The molecule has 1 saturated heterocycles. The Bertz CT molecular complexity index is 1350. The molecule has 0 atom stereocenters. The monoisotopic (exact) mass is 501 g/mol. The molecule has 2 aromatic heterocycles.